The van der Waals surface area contributed by atoms with Crippen molar-refractivity contribution in [3.63, 3.8) is 0 Å². The van der Waals surface area contributed by atoms with Gasteiger partial charge < -0.3 is 5.32 Å². The van der Waals surface area contributed by atoms with E-state index in [9.17, 15) is 8.42 Å². The zero-order valence-electron chi connectivity index (χ0n) is 11.2. The summed E-state index contributed by atoms with van der Waals surface area (Å²) >= 11 is 0. The fourth-order valence-corrected chi connectivity index (χ4v) is 2.04. The average Bonchev–Trinajstić information content (AvgIpc) is 2.14. The third-order valence-electron chi connectivity index (χ3n) is 2.59. The molecule has 0 rings (SSSR count). The van der Waals surface area contributed by atoms with Crippen LogP contribution in [0.1, 0.15) is 33.6 Å². The molecule has 16 heavy (non-hydrogen) atoms. The molecule has 4 nitrogen and oxygen atoms in total. The van der Waals surface area contributed by atoms with Crippen LogP contribution in [0.5, 0.6) is 0 Å². The SMILES string of the molecule is CC(C)CCC(C)NCCS(=O)(=O)N(C)C. The lowest BCUT2D eigenvalue weighted by atomic mass is 10.0. The minimum Gasteiger partial charge on any atom is -0.313 e. The molecule has 0 aliphatic heterocycles. The van der Waals surface area contributed by atoms with E-state index in [0.29, 0.717) is 18.5 Å². The average molecular weight is 250 g/mol. The van der Waals surface area contributed by atoms with E-state index in [1.807, 2.05) is 0 Å². The van der Waals surface area contributed by atoms with Gasteiger partial charge in [-0.2, -0.15) is 0 Å². The highest BCUT2D eigenvalue weighted by atomic mass is 32.2. The molecule has 0 fully saturated rings. The normalized spacial score (nSPS) is 14.7. The molecule has 1 unspecified atom stereocenters. The molecule has 0 saturated carbocycles. The first kappa shape index (κ1) is 15.9. The Morgan fingerprint density at radius 1 is 1.12 bits per heavy atom. The van der Waals surface area contributed by atoms with Crippen LogP contribution in [0.15, 0.2) is 0 Å². The highest BCUT2D eigenvalue weighted by Gasteiger charge is 2.13. The van der Waals surface area contributed by atoms with E-state index in [0.717, 1.165) is 6.42 Å². The van der Waals surface area contributed by atoms with Crippen LogP contribution in [-0.2, 0) is 10.0 Å². The number of rotatable bonds is 8. The smallest absolute Gasteiger partial charge is 0.214 e. The molecule has 0 aromatic rings. The largest absolute Gasteiger partial charge is 0.313 e. The summed E-state index contributed by atoms with van der Waals surface area (Å²) in [5, 5.41) is 3.24. The molecule has 0 aromatic carbocycles. The van der Waals surface area contributed by atoms with E-state index in [1.54, 1.807) is 14.1 Å². The topological polar surface area (TPSA) is 49.4 Å². The van der Waals surface area contributed by atoms with Crippen LogP contribution in [-0.4, -0.2) is 45.2 Å². The van der Waals surface area contributed by atoms with Gasteiger partial charge in [-0.25, -0.2) is 12.7 Å². The van der Waals surface area contributed by atoms with Crippen LogP contribution >= 0.6 is 0 Å². The van der Waals surface area contributed by atoms with Crippen molar-refractivity contribution in [3.8, 4) is 0 Å². The maximum absolute atomic E-state index is 11.5. The number of hydrogen-bond donors (Lipinski definition) is 1. The first-order valence-corrected chi connectivity index (χ1v) is 7.50. The standard InChI is InChI=1S/C11H26N2O2S/c1-10(2)6-7-11(3)12-8-9-16(14,15)13(4)5/h10-12H,6-9H2,1-5H3. The van der Waals surface area contributed by atoms with Crippen molar-refractivity contribution in [3.05, 3.63) is 0 Å². The monoisotopic (exact) mass is 250 g/mol. The molecular formula is C11H26N2O2S. The lowest BCUT2D eigenvalue weighted by Gasteiger charge is -2.16. The Kier molecular flexibility index (Phi) is 7.19. The van der Waals surface area contributed by atoms with Crippen LogP contribution < -0.4 is 5.32 Å². The van der Waals surface area contributed by atoms with Crippen LogP contribution in [0.25, 0.3) is 0 Å². The Bertz CT molecular complexity index is 274. The number of nitrogens with zero attached hydrogens (tertiary/aromatic N) is 1. The van der Waals surface area contributed by atoms with Crippen LogP contribution in [0.2, 0.25) is 0 Å². The number of hydrogen-bond acceptors (Lipinski definition) is 3. The predicted octanol–water partition coefficient (Wildman–Crippen LogP) is 1.29. The second-order valence-electron chi connectivity index (χ2n) is 4.92. The van der Waals surface area contributed by atoms with E-state index in [2.05, 4.69) is 26.1 Å². The minimum absolute atomic E-state index is 0.173. The summed E-state index contributed by atoms with van der Waals surface area (Å²) < 4.78 is 24.2. The van der Waals surface area contributed by atoms with Gasteiger partial charge in [-0.15, -0.1) is 0 Å². The summed E-state index contributed by atoms with van der Waals surface area (Å²) in [5.41, 5.74) is 0. The maximum Gasteiger partial charge on any atom is 0.214 e. The molecule has 1 atom stereocenters. The highest BCUT2D eigenvalue weighted by molar-refractivity contribution is 7.89. The Labute approximate surface area is 100 Å². The molecule has 0 amide bonds. The summed E-state index contributed by atoms with van der Waals surface area (Å²) in [6.07, 6.45) is 2.27. The quantitative estimate of drug-likeness (QED) is 0.706. The fourth-order valence-electron chi connectivity index (χ4n) is 1.30. The van der Waals surface area contributed by atoms with Crippen molar-refractivity contribution in [2.24, 2.45) is 5.92 Å². The Hall–Kier alpha value is -0.130. The summed E-state index contributed by atoms with van der Waals surface area (Å²) in [4.78, 5) is 0. The van der Waals surface area contributed by atoms with Crippen molar-refractivity contribution >= 4 is 10.0 Å². The molecule has 0 saturated heterocycles. The Morgan fingerprint density at radius 3 is 2.12 bits per heavy atom. The molecule has 98 valence electrons. The zero-order chi connectivity index (χ0) is 12.8. The lowest BCUT2D eigenvalue weighted by molar-refractivity contribution is 0.456. The molecule has 0 aromatic heterocycles. The van der Waals surface area contributed by atoms with Crippen molar-refractivity contribution < 1.29 is 8.42 Å². The van der Waals surface area contributed by atoms with Crippen molar-refractivity contribution in [2.75, 3.05) is 26.4 Å². The van der Waals surface area contributed by atoms with E-state index in [4.69, 9.17) is 0 Å². The van der Waals surface area contributed by atoms with Gasteiger partial charge in [-0.3, -0.25) is 0 Å². The van der Waals surface area contributed by atoms with Gasteiger partial charge in [-0.05, 0) is 25.7 Å². The highest BCUT2D eigenvalue weighted by Crippen LogP contribution is 2.06. The van der Waals surface area contributed by atoms with Gasteiger partial charge in [0.25, 0.3) is 0 Å². The van der Waals surface area contributed by atoms with E-state index >= 15 is 0 Å². The summed E-state index contributed by atoms with van der Waals surface area (Å²) in [6.45, 7) is 7.02. The maximum atomic E-state index is 11.5. The minimum atomic E-state index is -3.05. The van der Waals surface area contributed by atoms with Crippen molar-refractivity contribution in [1.82, 2.24) is 9.62 Å². The zero-order valence-corrected chi connectivity index (χ0v) is 12.0. The van der Waals surface area contributed by atoms with Gasteiger partial charge in [0, 0.05) is 26.7 Å². The van der Waals surface area contributed by atoms with Gasteiger partial charge in [0.05, 0.1) is 5.75 Å². The first-order valence-electron chi connectivity index (χ1n) is 5.89. The van der Waals surface area contributed by atoms with Gasteiger partial charge in [0.2, 0.25) is 10.0 Å². The van der Waals surface area contributed by atoms with Crippen LogP contribution in [0, 0.1) is 5.92 Å². The lowest BCUT2D eigenvalue weighted by Crippen LogP contribution is -2.35. The molecule has 0 heterocycles. The second-order valence-corrected chi connectivity index (χ2v) is 7.23. The summed E-state index contributed by atoms with van der Waals surface area (Å²) in [7, 11) is 0.0797. The molecule has 0 aliphatic rings. The van der Waals surface area contributed by atoms with Crippen LogP contribution in [0.4, 0.5) is 0 Å². The second kappa shape index (κ2) is 7.25. The van der Waals surface area contributed by atoms with E-state index in [1.165, 1.54) is 10.7 Å². The van der Waals surface area contributed by atoms with Crippen LogP contribution in [0.3, 0.4) is 0 Å². The van der Waals surface area contributed by atoms with Crippen molar-refractivity contribution in [1.29, 1.82) is 0 Å². The summed E-state index contributed by atoms with van der Waals surface area (Å²) in [5.74, 6) is 0.876. The van der Waals surface area contributed by atoms with E-state index < -0.39 is 10.0 Å². The molecule has 0 bridgehead atoms. The Morgan fingerprint density at radius 2 is 1.69 bits per heavy atom. The van der Waals surface area contributed by atoms with E-state index in [-0.39, 0.29) is 5.75 Å². The number of sulfonamides is 1. The molecule has 0 aliphatic carbocycles. The predicted molar refractivity (Wildman–Crippen MR) is 69.0 cm³/mol. The molecule has 0 spiro atoms. The molecule has 0 radical (unpaired) electrons. The fraction of sp³-hybridized carbons (Fsp3) is 1.00. The first-order chi connectivity index (χ1) is 7.25. The number of nitrogens with one attached hydrogen (secondary N) is 1. The molecule has 1 N–H and O–H groups in total. The summed E-state index contributed by atoms with van der Waals surface area (Å²) in [6, 6.07) is 0.389. The molecular weight excluding hydrogens is 224 g/mol. The third kappa shape index (κ3) is 7.19. The Balaban J connectivity index is 3.74. The van der Waals surface area contributed by atoms with Gasteiger partial charge in [0.1, 0.15) is 0 Å². The van der Waals surface area contributed by atoms with Gasteiger partial charge in [0.15, 0.2) is 0 Å². The van der Waals surface area contributed by atoms with Crippen molar-refractivity contribution in [2.45, 2.75) is 39.7 Å². The van der Waals surface area contributed by atoms with Gasteiger partial charge in [-0.1, -0.05) is 13.8 Å². The third-order valence-corrected chi connectivity index (χ3v) is 4.42. The molecule has 5 heteroatoms. The van der Waals surface area contributed by atoms with Gasteiger partial charge >= 0.3 is 0 Å².